The van der Waals surface area contributed by atoms with E-state index in [2.05, 4.69) is 15.4 Å². The average Bonchev–Trinajstić information content (AvgIpc) is 2.75. The number of aromatic carboxylic acids is 1. The van der Waals surface area contributed by atoms with Gasteiger partial charge in [0.15, 0.2) is 16.5 Å². The fraction of sp³-hybridized carbons (Fsp3) is 0.444. The lowest BCUT2D eigenvalue weighted by Crippen LogP contribution is -2.19. The molecule has 0 spiro atoms. The van der Waals surface area contributed by atoms with Crippen LogP contribution in [0.5, 0.6) is 0 Å². The summed E-state index contributed by atoms with van der Waals surface area (Å²) >= 11 is 0.814. The molecule has 0 aliphatic carbocycles. The van der Waals surface area contributed by atoms with Crippen molar-refractivity contribution in [2.24, 2.45) is 0 Å². The molecule has 2 rings (SSSR count). The molecule has 1 atom stereocenters. The molecule has 0 saturated heterocycles. The van der Waals surface area contributed by atoms with Gasteiger partial charge in [-0.2, -0.15) is 18.3 Å². The van der Waals surface area contributed by atoms with Crippen LogP contribution in [0.25, 0.3) is 10.3 Å². The third kappa shape index (κ3) is 2.99. The van der Waals surface area contributed by atoms with Crippen LogP contribution in [0.3, 0.4) is 0 Å². The number of aromatic nitrogens is 3. The van der Waals surface area contributed by atoms with Crippen LogP contribution in [0.2, 0.25) is 0 Å². The zero-order valence-electron chi connectivity index (χ0n) is 9.97. The lowest BCUT2D eigenvalue weighted by molar-refractivity contribution is -0.142. The second-order valence-electron chi connectivity index (χ2n) is 3.92. The van der Waals surface area contributed by atoms with Gasteiger partial charge in [-0.15, -0.1) is 0 Å². The molecule has 0 aromatic carbocycles. The van der Waals surface area contributed by atoms with Crippen LogP contribution >= 0.6 is 11.3 Å². The van der Waals surface area contributed by atoms with Gasteiger partial charge >= 0.3 is 12.1 Å². The minimum absolute atomic E-state index is 0.0184. The van der Waals surface area contributed by atoms with Crippen molar-refractivity contribution in [2.45, 2.75) is 25.9 Å². The first-order valence-corrected chi connectivity index (χ1v) is 6.11. The molecule has 0 fully saturated rings. The Hall–Kier alpha value is -1.88. The maximum atomic E-state index is 12.4. The van der Waals surface area contributed by atoms with Crippen LogP contribution in [0.4, 0.5) is 18.3 Å². The van der Waals surface area contributed by atoms with Crippen LogP contribution < -0.4 is 5.32 Å². The maximum Gasteiger partial charge on any atom is 0.408 e. The summed E-state index contributed by atoms with van der Waals surface area (Å²) in [6.45, 7) is -0.0408. The van der Waals surface area contributed by atoms with E-state index in [0.717, 1.165) is 11.3 Å². The minimum atomic E-state index is -4.55. The third-order valence-electron chi connectivity index (χ3n) is 2.15. The number of hydrogen-bond donors (Lipinski definition) is 3. The lowest BCUT2D eigenvalue weighted by Gasteiger charge is -2.06. The second-order valence-corrected chi connectivity index (χ2v) is 4.92. The number of nitrogens with one attached hydrogen (secondary N) is 1. The van der Waals surface area contributed by atoms with E-state index < -0.39 is 30.6 Å². The third-order valence-corrected chi connectivity index (χ3v) is 3.14. The number of carboxylic acids is 1. The number of nitrogens with zero attached hydrogens (tertiary/aromatic N) is 3. The van der Waals surface area contributed by atoms with Crippen molar-refractivity contribution in [2.75, 3.05) is 5.32 Å². The van der Waals surface area contributed by atoms with Gasteiger partial charge in [0.2, 0.25) is 0 Å². The van der Waals surface area contributed by atoms with Crippen molar-refractivity contribution < 1.29 is 28.2 Å². The van der Waals surface area contributed by atoms with Crippen molar-refractivity contribution in [1.29, 1.82) is 0 Å². The number of anilines is 1. The fourth-order valence-electron chi connectivity index (χ4n) is 1.52. The van der Waals surface area contributed by atoms with E-state index >= 15 is 0 Å². The number of carbonyl (C=O) groups is 1. The molecule has 2 heterocycles. The van der Waals surface area contributed by atoms with Gasteiger partial charge in [-0.3, -0.25) is 0 Å². The van der Waals surface area contributed by atoms with Gasteiger partial charge in [-0.25, -0.2) is 14.5 Å². The topological polar surface area (TPSA) is 100 Å². The van der Waals surface area contributed by atoms with Crippen molar-refractivity contribution in [3.05, 3.63) is 5.69 Å². The molecule has 0 saturated carbocycles. The van der Waals surface area contributed by atoms with E-state index in [0.29, 0.717) is 4.68 Å². The molecule has 0 amide bonds. The second kappa shape index (κ2) is 4.90. The van der Waals surface area contributed by atoms with Gasteiger partial charge in [0.1, 0.15) is 17.5 Å². The molecule has 7 nitrogen and oxygen atoms in total. The first-order valence-electron chi connectivity index (χ1n) is 5.29. The van der Waals surface area contributed by atoms with Gasteiger partial charge in [-0.1, -0.05) is 11.3 Å². The summed E-state index contributed by atoms with van der Waals surface area (Å²) in [7, 11) is 0. The Balaban J connectivity index is 2.51. The number of carboxylic acid groups (broad SMARTS) is 1. The Labute approximate surface area is 113 Å². The van der Waals surface area contributed by atoms with E-state index in [1.807, 2.05) is 0 Å². The van der Waals surface area contributed by atoms with E-state index in [-0.39, 0.29) is 15.5 Å². The zero-order valence-corrected chi connectivity index (χ0v) is 10.8. The zero-order chi connectivity index (χ0) is 15.1. The largest absolute Gasteiger partial charge is 0.476 e. The van der Waals surface area contributed by atoms with Gasteiger partial charge in [0.25, 0.3) is 0 Å². The Morgan fingerprint density at radius 1 is 1.55 bits per heavy atom. The van der Waals surface area contributed by atoms with Crippen LogP contribution in [0.1, 0.15) is 17.4 Å². The highest BCUT2D eigenvalue weighted by atomic mass is 32.1. The number of aliphatic hydroxyl groups excluding tert-OH is 1. The van der Waals surface area contributed by atoms with E-state index in [1.54, 1.807) is 0 Å². The van der Waals surface area contributed by atoms with Gasteiger partial charge in [-0.05, 0) is 6.92 Å². The summed E-state index contributed by atoms with van der Waals surface area (Å²) < 4.78 is 37.7. The van der Waals surface area contributed by atoms with Crippen molar-refractivity contribution >= 4 is 32.8 Å². The molecule has 3 N–H and O–H groups in total. The van der Waals surface area contributed by atoms with Crippen molar-refractivity contribution in [3.63, 3.8) is 0 Å². The number of alkyl halides is 3. The molecule has 2 aromatic heterocycles. The van der Waals surface area contributed by atoms with Crippen LogP contribution in [-0.4, -0.2) is 43.4 Å². The molecule has 110 valence electrons. The average molecular weight is 310 g/mol. The molecular weight excluding hydrogens is 301 g/mol. The van der Waals surface area contributed by atoms with Crippen LogP contribution in [0.15, 0.2) is 0 Å². The number of halogens is 3. The summed E-state index contributed by atoms with van der Waals surface area (Å²) in [5, 5.41) is 24.1. The summed E-state index contributed by atoms with van der Waals surface area (Å²) in [4.78, 5) is 14.8. The molecule has 0 bridgehead atoms. The Morgan fingerprint density at radius 3 is 2.70 bits per heavy atom. The number of thiazole rings is 1. The fourth-order valence-corrected chi connectivity index (χ4v) is 2.54. The summed E-state index contributed by atoms with van der Waals surface area (Å²) in [5.41, 5.74) is -0.687. The number of fused-ring (bicyclic) bond motifs is 1. The number of hydrogen-bond acceptors (Lipinski definition) is 6. The Kier molecular flexibility index (Phi) is 3.56. The summed E-state index contributed by atoms with van der Waals surface area (Å²) in [6, 6.07) is 0. The van der Waals surface area contributed by atoms with Crippen LogP contribution in [0, 0.1) is 0 Å². The smallest absolute Gasteiger partial charge is 0.408 e. The molecule has 0 aliphatic heterocycles. The Bertz CT molecular complexity index is 649. The SMILES string of the molecule is CC(O)Nc1nc2c(s1)c(C(=O)O)nn2CC(F)(F)F. The molecule has 20 heavy (non-hydrogen) atoms. The van der Waals surface area contributed by atoms with E-state index in [9.17, 15) is 18.0 Å². The van der Waals surface area contributed by atoms with Crippen molar-refractivity contribution in [3.8, 4) is 0 Å². The monoisotopic (exact) mass is 310 g/mol. The predicted octanol–water partition coefficient (Wildman–Crippen LogP) is 1.50. The summed E-state index contributed by atoms with van der Waals surface area (Å²) in [5.74, 6) is -1.44. The molecule has 2 aromatic rings. The Morgan fingerprint density at radius 2 is 2.20 bits per heavy atom. The highest BCUT2D eigenvalue weighted by Gasteiger charge is 2.32. The van der Waals surface area contributed by atoms with Crippen molar-refractivity contribution in [1.82, 2.24) is 14.8 Å². The predicted molar refractivity (Wildman–Crippen MR) is 63.7 cm³/mol. The quantitative estimate of drug-likeness (QED) is 0.740. The molecular formula is C9H9F3N4O3S. The first-order chi connectivity index (χ1) is 9.17. The van der Waals surface area contributed by atoms with Gasteiger partial charge < -0.3 is 15.5 Å². The molecule has 1 unspecified atom stereocenters. The number of rotatable bonds is 4. The summed E-state index contributed by atoms with van der Waals surface area (Å²) in [6.07, 6.45) is -5.52. The minimum Gasteiger partial charge on any atom is -0.476 e. The molecule has 0 radical (unpaired) electrons. The van der Waals surface area contributed by atoms with E-state index in [4.69, 9.17) is 10.2 Å². The van der Waals surface area contributed by atoms with E-state index in [1.165, 1.54) is 6.92 Å². The van der Waals surface area contributed by atoms with Gasteiger partial charge in [0, 0.05) is 0 Å². The number of aliphatic hydroxyl groups is 1. The van der Waals surface area contributed by atoms with Crippen LogP contribution in [-0.2, 0) is 6.54 Å². The highest BCUT2D eigenvalue weighted by Crippen LogP contribution is 2.31. The van der Waals surface area contributed by atoms with Gasteiger partial charge in [0.05, 0.1) is 0 Å². The standard InChI is InChI=1S/C9H9F3N4O3S/c1-3(17)13-8-14-6-5(20-8)4(7(18)19)15-16(6)2-9(10,11)12/h3,17H,2H2,1H3,(H,13,14)(H,18,19). The first kappa shape index (κ1) is 14.5. The molecule has 11 heteroatoms. The normalized spacial score (nSPS) is 13.7. The lowest BCUT2D eigenvalue weighted by atomic mass is 10.4. The maximum absolute atomic E-state index is 12.4. The molecule has 0 aliphatic rings. The highest BCUT2D eigenvalue weighted by molar-refractivity contribution is 7.22.